The number of rotatable bonds is 2. The molecule has 3 rings (SSSR count). The van der Waals surface area contributed by atoms with Crippen molar-refractivity contribution in [3.8, 4) is 0 Å². The number of nitrogens with zero attached hydrogens (tertiary/aromatic N) is 2. The minimum Gasteiger partial charge on any atom is -0.476 e. The second-order valence-electron chi connectivity index (χ2n) is 6.00. The van der Waals surface area contributed by atoms with Gasteiger partial charge in [-0.05, 0) is 43.2 Å². The van der Waals surface area contributed by atoms with Crippen molar-refractivity contribution in [1.29, 1.82) is 0 Å². The van der Waals surface area contributed by atoms with Gasteiger partial charge in [-0.1, -0.05) is 24.4 Å². The maximum Gasteiger partial charge on any atom is 0.356 e. The van der Waals surface area contributed by atoms with Crippen molar-refractivity contribution in [2.75, 3.05) is 18.0 Å². The van der Waals surface area contributed by atoms with Crippen LogP contribution in [0.4, 0.5) is 5.82 Å². The molecule has 0 atom stereocenters. The molecule has 0 unspecified atom stereocenters. The summed E-state index contributed by atoms with van der Waals surface area (Å²) < 4.78 is 0. The average molecular weight is 295 g/mol. The maximum absolute atomic E-state index is 11.1. The third-order valence-electron chi connectivity index (χ3n) is 4.85. The number of pyridine rings is 1. The van der Waals surface area contributed by atoms with Gasteiger partial charge in [0.2, 0.25) is 0 Å². The van der Waals surface area contributed by atoms with Crippen LogP contribution in [-0.4, -0.2) is 29.1 Å². The molecule has 1 aromatic heterocycles. The Hall–Kier alpha value is -1.29. The van der Waals surface area contributed by atoms with Crippen LogP contribution < -0.4 is 4.90 Å². The molecule has 0 aromatic carbocycles. The molecule has 1 aromatic rings. The predicted octanol–water partition coefficient (Wildman–Crippen LogP) is 3.59. The molecule has 1 N–H and O–H groups in total. The van der Waals surface area contributed by atoms with Gasteiger partial charge in [-0.15, -0.1) is 0 Å². The van der Waals surface area contributed by atoms with Gasteiger partial charge in [-0.25, -0.2) is 9.78 Å². The number of halogens is 1. The second kappa shape index (κ2) is 5.24. The van der Waals surface area contributed by atoms with E-state index in [0.717, 1.165) is 18.9 Å². The molecule has 1 saturated heterocycles. The Morgan fingerprint density at radius 1 is 1.20 bits per heavy atom. The van der Waals surface area contributed by atoms with Crippen molar-refractivity contribution < 1.29 is 9.90 Å². The van der Waals surface area contributed by atoms with Gasteiger partial charge < -0.3 is 10.0 Å². The fourth-order valence-electron chi connectivity index (χ4n) is 3.59. The van der Waals surface area contributed by atoms with E-state index in [1.807, 2.05) is 6.07 Å². The van der Waals surface area contributed by atoms with Crippen LogP contribution in [0, 0.1) is 5.41 Å². The summed E-state index contributed by atoms with van der Waals surface area (Å²) in [6.07, 6.45) is 7.83. The summed E-state index contributed by atoms with van der Waals surface area (Å²) in [6.45, 7) is 1.93. The van der Waals surface area contributed by atoms with E-state index in [2.05, 4.69) is 9.88 Å². The molecule has 1 saturated carbocycles. The normalized spacial score (nSPS) is 21.4. The molecule has 1 aliphatic carbocycles. The molecule has 0 amide bonds. The topological polar surface area (TPSA) is 53.4 Å². The highest BCUT2D eigenvalue weighted by Crippen LogP contribution is 2.46. The molecule has 2 aliphatic rings. The fourth-order valence-corrected chi connectivity index (χ4v) is 3.78. The number of aromatic carboxylic acids is 1. The highest BCUT2D eigenvalue weighted by Gasteiger charge is 2.37. The number of carbonyl (C=O) groups is 1. The highest BCUT2D eigenvalue weighted by atomic mass is 35.5. The summed E-state index contributed by atoms with van der Waals surface area (Å²) in [5.41, 5.74) is 0.503. The van der Waals surface area contributed by atoms with Gasteiger partial charge in [0, 0.05) is 13.1 Å². The van der Waals surface area contributed by atoms with Gasteiger partial charge in [0.1, 0.15) is 5.82 Å². The zero-order valence-electron chi connectivity index (χ0n) is 11.4. The number of carboxylic acid groups (broad SMARTS) is 1. The Morgan fingerprint density at radius 2 is 1.85 bits per heavy atom. The number of carboxylic acids is 1. The molecule has 108 valence electrons. The summed E-state index contributed by atoms with van der Waals surface area (Å²) in [5, 5.41) is 9.29. The quantitative estimate of drug-likeness (QED) is 0.905. The minimum absolute atomic E-state index is 0.0506. The largest absolute Gasteiger partial charge is 0.476 e. The van der Waals surface area contributed by atoms with Crippen molar-refractivity contribution in [1.82, 2.24) is 4.98 Å². The van der Waals surface area contributed by atoms with Crippen molar-refractivity contribution in [2.24, 2.45) is 5.41 Å². The van der Waals surface area contributed by atoms with Crippen LogP contribution in [0.3, 0.4) is 0 Å². The minimum atomic E-state index is -1.07. The lowest BCUT2D eigenvalue weighted by Gasteiger charge is -2.40. The molecule has 1 aliphatic heterocycles. The molecule has 5 heteroatoms. The molecular formula is C15H19ClN2O2. The lowest BCUT2D eigenvalue weighted by molar-refractivity contribution is 0.0690. The number of piperidine rings is 1. The smallest absolute Gasteiger partial charge is 0.356 e. The van der Waals surface area contributed by atoms with E-state index < -0.39 is 5.97 Å². The van der Waals surface area contributed by atoms with E-state index in [0.29, 0.717) is 5.41 Å². The van der Waals surface area contributed by atoms with E-state index in [-0.39, 0.29) is 10.7 Å². The summed E-state index contributed by atoms with van der Waals surface area (Å²) in [4.78, 5) is 17.5. The number of hydrogen-bond acceptors (Lipinski definition) is 3. The predicted molar refractivity (Wildman–Crippen MR) is 78.6 cm³/mol. The standard InChI is InChI=1S/C15H19ClN2O2/c16-11-3-4-12(17-13(11)14(19)20)18-9-7-15(8-10-18)5-1-2-6-15/h3-4H,1-2,5-10H2,(H,19,20). The first-order chi connectivity index (χ1) is 9.60. The van der Waals surface area contributed by atoms with Gasteiger partial charge in [0.15, 0.2) is 5.69 Å². The van der Waals surface area contributed by atoms with E-state index in [9.17, 15) is 4.79 Å². The van der Waals surface area contributed by atoms with Crippen molar-refractivity contribution in [3.05, 3.63) is 22.8 Å². The Labute approximate surface area is 123 Å². The average Bonchev–Trinajstić information content (AvgIpc) is 2.88. The highest BCUT2D eigenvalue weighted by molar-refractivity contribution is 6.33. The van der Waals surface area contributed by atoms with Crippen molar-refractivity contribution in [2.45, 2.75) is 38.5 Å². The zero-order valence-corrected chi connectivity index (χ0v) is 12.2. The molecule has 20 heavy (non-hydrogen) atoms. The summed E-state index contributed by atoms with van der Waals surface area (Å²) in [5.74, 6) is -0.333. The van der Waals surface area contributed by atoms with Crippen LogP contribution in [0.25, 0.3) is 0 Å². The van der Waals surface area contributed by atoms with E-state index >= 15 is 0 Å². The molecule has 0 bridgehead atoms. The van der Waals surface area contributed by atoms with Crippen molar-refractivity contribution in [3.63, 3.8) is 0 Å². The third kappa shape index (κ3) is 2.49. The van der Waals surface area contributed by atoms with Gasteiger partial charge >= 0.3 is 5.97 Å². The third-order valence-corrected chi connectivity index (χ3v) is 5.15. The van der Waals surface area contributed by atoms with Gasteiger partial charge in [0.25, 0.3) is 0 Å². The van der Waals surface area contributed by atoms with Crippen LogP contribution in [-0.2, 0) is 0 Å². The van der Waals surface area contributed by atoms with Gasteiger partial charge in [-0.2, -0.15) is 0 Å². The summed E-state index contributed by atoms with van der Waals surface area (Å²) in [6, 6.07) is 3.45. The summed E-state index contributed by atoms with van der Waals surface area (Å²) in [7, 11) is 0. The van der Waals surface area contributed by atoms with Crippen LogP contribution in [0.1, 0.15) is 49.0 Å². The second-order valence-corrected chi connectivity index (χ2v) is 6.41. The lowest BCUT2D eigenvalue weighted by Crippen LogP contribution is -2.39. The van der Waals surface area contributed by atoms with Crippen LogP contribution in [0.15, 0.2) is 12.1 Å². The van der Waals surface area contributed by atoms with Crippen molar-refractivity contribution >= 4 is 23.4 Å². The maximum atomic E-state index is 11.1. The van der Waals surface area contributed by atoms with E-state index in [4.69, 9.17) is 16.7 Å². The first-order valence-electron chi connectivity index (χ1n) is 7.24. The fraction of sp³-hybridized carbons (Fsp3) is 0.600. The first-order valence-corrected chi connectivity index (χ1v) is 7.62. The molecule has 2 fully saturated rings. The van der Waals surface area contributed by atoms with Gasteiger partial charge in [0.05, 0.1) is 5.02 Å². The number of anilines is 1. The molecule has 0 radical (unpaired) electrons. The van der Waals surface area contributed by atoms with Crippen LogP contribution >= 0.6 is 11.6 Å². The Morgan fingerprint density at radius 3 is 2.45 bits per heavy atom. The molecule has 4 nitrogen and oxygen atoms in total. The SMILES string of the molecule is O=C(O)c1nc(N2CCC3(CCCC3)CC2)ccc1Cl. The Balaban J connectivity index is 1.75. The summed E-state index contributed by atoms with van der Waals surface area (Å²) >= 11 is 5.87. The number of aromatic nitrogens is 1. The first kappa shape index (κ1) is 13.7. The lowest BCUT2D eigenvalue weighted by atomic mass is 9.77. The van der Waals surface area contributed by atoms with Crippen LogP contribution in [0.2, 0.25) is 5.02 Å². The zero-order chi connectivity index (χ0) is 14.2. The molecular weight excluding hydrogens is 276 g/mol. The van der Waals surface area contributed by atoms with Crippen LogP contribution in [0.5, 0.6) is 0 Å². The molecule has 1 spiro atoms. The number of hydrogen-bond donors (Lipinski definition) is 1. The van der Waals surface area contributed by atoms with E-state index in [1.165, 1.54) is 38.5 Å². The molecule has 2 heterocycles. The van der Waals surface area contributed by atoms with Gasteiger partial charge in [-0.3, -0.25) is 0 Å². The Bertz CT molecular complexity index is 517. The monoisotopic (exact) mass is 294 g/mol. The Kier molecular flexibility index (Phi) is 3.59. The van der Waals surface area contributed by atoms with E-state index in [1.54, 1.807) is 6.07 Å².